The molecule has 0 N–H and O–H groups in total. The molecule has 3 rings (SSSR count). The highest BCUT2D eigenvalue weighted by Crippen LogP contribution is 2.40. The predicted octanol–water partition coefficient (Wildman–Crippen LogP) is 6.03. The summed E-state index contributed by atoms with van der Waals surface area (Å²) in [6.07, 6.45) is 13.7. The third-order valence-electron chi connectivity index (χ3n) is 6.76. The van der Waals surface area contributed by atoms with Crippen LogP contribution in [-0.2, 0) is 20.7 Å². The van der Waals surface area contributed by atoms with Crippen molar-refractivity contribution in [2.24, 2.45) is 17.8 Å². The summed E-state index contributed by atoms with van der Waals surface area (Å²) in [5.74, 6) is 1.78. The molecule has 0 atom stereocenters. The highest BCUT2D eigenvalue weighted by Gasteiger charge is 2.34. The molecule has 30 heavy (non-hydrogen) atoms. The predicted molar refractivity (Wildman–Crippen MR) is 118 cm³/mol. The molecule has 2 fully saturated rings. The number of hydrogen-bond acceptors (Lipinski definition) is 4. The number of allylic oxidation sites excluding steroid dienone is 1. The standard InChI is InChI=1S/C26H36O4/c1-3-5-19-7-15-24(16-8-19)30-26(28)22-11-9-20(10-12-22)21-13-17-23(18-14-21)29-25(27)6-4-2/h4,6-8,15-16,20-23H,3,5,9-14,17-18H2,1-2H3. The first-order valence-corrected chi connectivity index (χ1v) is 11.7. The van der Waals surface area contributed by atoms with Gasteiger partial charge in [-0.1, -0.05) is 31.6 Å². The zero-order valence-electron chi connectivity index (χ0n) is 18.5. The van der Waals surface area contributed by atoms with E-state index in [2.05, 4.69) is 19.1 Å². The summed E-state index contributed by atoms with van der Waals surface area (Å²) in [6.45, 7) is 3.99. The number of hydrogen-bond donors (Lipinski definition) is 0. The number of ether oxygens (including phenoxy) is 2. The lowest BCUT2D eigenvalue weighted by Gasteiger charge is -2.37. The zero-order valence-corrected chi connectivity index (χ0v) is 18.5. The van der Waals surface area contributed by atoms with E-state index in [1.54, 1.807) is 6.08 Å². The lowest BCUT2D eigenvalue weighted by molar-refractivity contribution is -0.145. The fraction of sp³-hybridized carbons (Fsp3) is 0.615. The van der Waals surface area contributed by atoms with Crippen LogP contribution in [0.25, 0.3) is 0 Å². The van der Waals surface area contributed by atoms with E-state index in [-0.39, 0.29) is 24.0 Å². The maximum atomic E-state index is 12.6. The highest BCUT2D eigenvalue weighted by molar-refractivity contribution is 5.81. The van der Waals surface area contributed by atoms with Crippen molar-refractivity contribution < 1.29 is 19.1 Å². The van der Waals surface area contributed by atoms with E-state index in [1.165, 1.54) is 11.6 Å². The Morgan fingerprint density at radius 1 is 0.933 bits per heavy atom. The number of aryl methyl sites for hydroxylation is 1. The molecule has 2 saturated carbocycles. The molecule has 0 saturated heterocycles. The monoisotopic (exact) mass is 412 g/mol. The van der Waals surface area contributed by atoms with Gasteiger partial charge in [0.15, 0.2) is 0 Å². The molecule has 0 radical (unpaired) electrons. The average Bonchev–Trinajstić information content (AvgIpc) is 2.76. The fourth-order valence-corrected chi connectivity index (χ4v) is 5.06. The van der Waals surface area contributed by atoms with Crippen LogP contribution in [0.2, 0.25) is 0 Å². The Balaban J connectivity index is 1.39. The van der Waals surface area contributed by atoms with Crippen LogP contribution < -0.4 is 4.74 Å². The SMILES string of the molecule is CC=CC(=O)OC1CCC(C2CCC(C(=O)Oc3ccc(CCC)cc3)CC2)CC1. The maximum Gasteiger partial charge on any atom is 0.330 e. The van der Waals surface area contributed by atoms with E-state index in [0.29, 0.717) is 17.6 Å². The Morgan fingerprint density at radius 3 is 2.10 bits per heavy atom. The topological polar surface area (TPSA) is 52.6 Å². The van der Waals surface area contributed by atoms with Crippen molar-refractivity contribution in [3.8, 4) is 5.75 Å². The second-order valence-corrected chi connectivity index (χ2v) is 8.90. The van der Waals surface area contributed by atoms with Crippen LogP contribution in [-0.4, -0.2) is 18.0 Å². The molecular formula is C26H36O4. The number of carbonyl (C=O) groups is 2. The minimum atomic E-state index is -0.222. The van der Waals surface area contributed by atoms with Gasteiger partial charge in [-0.3, -0.25) is 4.79 Å². The normalized spacial score (nSPS) is 27.0. The van der Waals surface area contributed by atoms with E-state index >= 15 is 0 Å². The van der Waals surface area contributed by atoms with Crippen LogP contribution in [0.15, 0.2) is 36.4 Å². The summed E-state index contributed by atoms with van der Waals surface area (Å²) in [4.78, 5) is 24.2. The summed E-state index contributed by atoms with van der Waals surface area (Å²) < 4.78 is 11.2. The molecule has 0 unspecified atom stereocenters. The Kier molecular flexibility index (Phi) is 8.53. The van der Waals surface area contributed by atoms with Crippen LogP contribution in [0.3, 0.4) is 0 Å². The van der Waals surface area contributed by atoms with Crippen molar-refractivity contribution in [3.63, 3.8) is 0 Å². The summed E-state index contributed by atoms with van der Waals surface area (Å²) >= 11 is 0. The van der Waals surface area contributed by atoms with Gasteiger partial charge in [-0.05, 0) is 94.2 Å². The molecule has 4 heteroatoms. The summed E-state index contributed by atoms with van der Waals surface area (Å²) in [5, 5.41) is 0. The Bertz CT molecular complexity index is 705. The van der Waals surface area contributed by atoms with Gasteiger partial charge in [-0.15, -0.1) is 0 Å². The van der Waals surface area contributed by atoms with E-state index < -0.39 is 0 Å². The van der Waals surface area contributed by atoms with Gasteiger partial charge in [0, 0.05) is 6.08 Å². The molecule has 0 heterocycles. The summed E-state index contributed by atoms with van der Waals surface area (Å²) in [6, 6.07) is 7.93. The van der Waals surface area contributed by atoms with Gasteiger partial charge < -0.3 is 9.47 Å². The molecule has 0 aromatic heterocycles. The van der Waals surface area contributed by atoms with Crippen molar-refractivity contribution in [2.75, 3.05) is 0 Å². The van der Waals surface area contributed by atoms with Crippen molar-refractivity contribution >= 4 is 11.9 Å². The van der Waals surface area contributed by atoms with E-state index in [9.17, 15) is 9.59 Å². The second-order valence-electron chi connectivity index (χ2n) is 8.90. The largest absolute Gasteiger partial charge is 0.459 e. The Morgan fingerprint density at radius 2 is 1.53 bits per heavy atom. The molecular weight excluding hydrogens is 376 g/mol. The highest BCUT2D eigenvalue weighted by atomic mass is 16.5. The first-order valence-electron chi connectivity index (χ1n) is 11.7. The molecule has 0 bridgehead atoms. The first kappa shape index (κ1) is 22.6. The van der Waals surface area contributed by atoms with Gasteiger partial charge in [0.25, 0.3) is 0 Å². The van der Waals surface area contributed by atoms with Crippen molar-refractivity contribution in [1.29, 1.82) is 0 Å². The molecule has 1 aromatic carbocycles. The van der Waals surface area contributed by atoms with Crippen LogP contribution in [0.5, 0.6) is 5.75 Å². The van der Waals surface area contributed by atoms with Crippen LogP contribution in [0.1, 0.15) is 77.2 Å². The molecule has 0 aliphatic heterocycles. The number of rotatable bonds is 7. The average molecular weight is 413 g/mol. The third kappa shape index (κ3) is 6.45. The van der Waals surface area contributed by atoms with Crippen molar-refractivity contribution in [3.05, 3.63) is 42.0 Å². The van der Waals surface area contributed by atoms with Crippen molar-refractivity contribution in [1.82, 2.24) is 0 Å². The van der Waals surface area contributed by atoms with E-state index in [4.69, 9.17) is 9.47 Å². The van der Waals surface area contributed by atoms with Gasteiger partial charge in [0.2, 0.25) is 0 Å². The van der Waals surface area contributed by atoms with Crippen LogP contribution >= 0.6 is 0 Å². The smallest absolute Gasteiger partial charge is 0.330 e. The third-order valence-corrected chi connectivity index (χ3v) is 6.76. The summed E-state index contributed by atoms with van der Waals surface area (Å²) in [7, 11) is 0. The lowest BCUT2D eigenvalue weighted by Crippen LogP contribution is -2.31. The molecule has 4 nitrogen and oxygen atoms in total. The molecule has 1 aromatic rings. The zero-order chi connectivity index (χ0) is 21.3. The van der Waals surface area contributed by atoms with Crippen LogP contribution in [0.4, 0.5) is 0 Å². The van der Waals surface area contributed by atoms with Crippen LogP contribution in [0, 0.1) is 17.8 Å². The molecule has 2 aliphatic rings. The number of benzene rings is 1. The van der Waals surface area contributed by atoms with Gasteiger partial charge in [0.05, 0.1) is 5.92 Å². The maximum absolute atomic E-state index is 12.6. The lowest BCUT2D eigenvalue weighted by atomic mass is 9.70. The van der Waals surface area contributed by atoms with Gasteiger partial charge in [-0.2, -0.15) is 0 Å². The van der Waals surface area contributed by atoms with Crippen molar-refractivity contribution in [2.45, 2.75) is 84.2 Å². The Labute approximate surface area is 181 Å². The molecule has 164 valence electrons. The minimum Gasteiger partial charge on any atom is -0.459 e. The number of carbonyl (C=O) groups excluding carboxylic acids is 2. The minimum absolute atomic E-state index is 0.0229. The van der Waals surface area contributed by atoms with Gasteiger partial charge in [-0.25, -0.2) is 4.79 Å². The quantitative estimate of drug-likeness (QED) is 0.312. The van der Waals surface area contributed by atoms with Gasteiger partial charge >= 0.3 is 11.9 Å². The summed E-state index contributed by atoms with van der Waals surface area (Å²) in [5.41, 5.74) is 1.28. The van der Waals surface area contributed by atoms with Gasteiger partial charge in [0.1, 0.15) is 11.9 Å². The Hall–Kier alpha value is -2.10. The second kappa shape index (κ2) is 11.3. The molecule has 2 aliphatic carbocycles. The first-order chi connectivity index (χ1) is 14.6. The number of esters is 2. The fourth-order valence-electron chi connectivity index (χ4n) is 5.06. The molecule has 0 amide bonds. The van der Waals surface area contributed by atoms with E-state index in [1.807, 2.05) is 19.1 Å². The molecule has 0 spiro atoms. The van der Waals surface area contributed by atoms with E-state index in [0.717, 1.165) is 64.2 Å².